The molecule has 0 radical (unpaired) electrons. The van der Waals surface area contributed by atoms with Crippen LogP contribution >= 0.6 is 0 Å². The third-order valence-electron chi connectivity index (χ3n) is 5.42. The number of aliphatic hydroxyl groups is 5. The summed E-state index contributed by atoms with van der Waals surface area (Å²) < 4.78 is 14.4. The Labute approximate surface area is 186 Å². The van der Waals surface area contributed by atoms with Gasteiger partial charge < -0.3 is 59.5 Å². The summed E-state index contributed by atoms with van der Waals surface area (Å²) in [6, 6.07) is 1.93. The Bertz CT molecular complexity index is 1390. The number of ether oxygens (including phenoxy) is 1. The molecule has 4 aromatic rings. The monoisotopic (exact) mass is 482 g/mol. The summed E-state index contributed by atoms with van der Waals surface area (Å²) in [6.45, 7) is -0.526. The Balaban J connectivity index is 0.000000195. The largest absolute Gasteiger partial charge is 0.504 e. The summed E-state index contributed by atoms with van der Waals surface area (Å²) in [6.07, 6.45) is -7.04. The zero-order valence-electron chi connectivity index (χ0n) is 16.8. The first kappa shape index (κ1) is 23.5. The lowest BCUT2D eigenvalue weighted by Gasteiger charge is -2.37. The van der Waals surface area contributed by atoms with Crippen LogP contribution < -0.4 is 11.3 Å². The topological polar surface area (TPSA) is 252 Å². The van der Waals surface area contributed by atoms with Crippen molar-refractivity contribution in [3.05, 3.63) is 33.0 Å². The van der Waals surface area contributed by atoms with Crippen LogP contribution in [0.5, 0.6) is 23.0 Å². The van der Waals surface area contributed by atoms with Crippen molar-refractivity contribution in [2.45, 2.75) is 30.7 Å². The smallest absolute Gasteiger partial charge is 0.344 e. The maximum atomic E-state index is 12.0. The maximum absolute atomic E-state index is 12.0. The Morgan fingerprint density at radius 3 is 1.56 bits per heavy atom. The third kappa shape index (κ3) is 3.45. The van der Waals surface area contributed by atoms with E-state index < -0.39 is 82.7 Å². The van der Waals surface area contributed by atoms with Crippen LogP contribution in [0.3, 0.4) is 0 Å². The van der Waals surface area contributed by atoms with Crippen molar-refractivity contribution in [2.75, 3.05) is 6.61 Å². The molecule has 14 nitrogen and oxygen atoms in total. The Morgan fingerprint density at radius 2 is 1.15 bits per heavy atom. The van der Waals surface area contributed by atoms with E-state index in [1.165, 1.54) is 0 Å². The van der Waals surface area contributed by atoms with Crippen LogP contribution in [-0.2, 0) is 4.74 Å². The van der Waals surface area contributed by atoms with E-state index in [4.69, 9.17) is 34.4 Å². The first-order valence-electron chi connectivity index (χ1n) is 9.59. The second-order valence-corrected chi connectivity index (χ2v) is 7.49. The van der Waals surface area contributed by atoms with Gasteiger partial charge in [0.15, 0.2) is 29.0 Å². The summed E-state index contributed by atoms with van der Waals surface area (Å²) in [5, 5.41) is 83.3. The molecule has 0 spiro atoms. The lowest BCUT2D eigenvalue weighted by atomic mass is 10.00. The van der Waals surface area contributed by atoms with Gasteiger partial charge in [0, 0.05) is 10.8 Å². The molecule has 0 amide bonds. The van der Waals surface area contributed by atoms with Gasteiger partial charge in [-0.1, -0.05) is 0 Å². The quantitative estimate of drug-likeness (QED) is 0.0816. The van der Waals surface area contributed by atoms with Crippen molar-refractivity contribution in [2.24, 2.45) is 0 Å². The Kier molecular flexibility index (Phi) is 5.72. The first-order valence-corrected chi connectivity index (χ1v) is 9.59. The lowest BCUT2D eigenvalue weighted by Crippen LogP contribution is -2.58. The van der Waals surface area contributed by atoms with Crippen molar-refractivity contribution in [3.63, 3.8) is 0 Å². The fourth-order valence-electron chi connectivity index (χ4n) is 3.66. The minimum absolute atomic E-state index is 0.00597. The van der Waals surface area contributed by atoms with E-state index in [0.717, 1.165) is 12.1 Å². The third-order valence-corrected chi connectivity index (χ3v) is 5.42. The maximum Gasteiger partial charge on any atom is 0.344 e. The Morgan fingerprint density at radius 1 is 0.706 bits per heavy atom. The number of rotatable bonds is 1. The van der Waals surface area contributed by atoms with Gasteiger partial charge in [-0.15, -0.1) is 0 Å². The number of hydrogen-bond acceptors (Lipinski definition) is 14. The van der Waals surface area contributed by atoms with E-state index in [1.807, 2.05) is 0 Å². The molecule has 5 atom stereocenters. The molecule has 14 heteroatoms. The van der Waals surface area contributed by atoms with Crippen molar-refractivity contribution in [1.29, 1.82) is 0 Å². The second-order valence-electron chi connectivity index (χ2n) is 7.49. The molecule has 3 heterocycles. The molecule has 182 valence electrons. The van der Waals surface area contributed by atoms with Crippen LogP contribution in [0, 0.1) is 0 Å². The summed E-state index contributed by atoms with van der Waals surface area (Å²) in [4.78, 5) is 24.0. The highest BCUT2D eigenvalue weighted by Crippen LogP contribution is 2.44. The summed E-state index contributed by atoms with van der Waals surface area (Å²) in [5.41, 5.74) is -2.70. The molecule has 0 bridgehead atoms. The highest BCUT2D eigenvalue weighted by Gasteiger charge is 2.42. The molecule has 2 aromatic carbocycles. The van der Waals surface area contributed by atoms with Gasteiger partial charge in [-0.2, -0.15) is 0 Å². The van der Waals surface area contributed by atoms with Crippen LogP contribution in [0.25, 0.3) is 32.7 Å². The first-order chi connectivity index (χ1) is 16.0. The van der Waals surface area contributed by atoms with E-state index in [0.29, 0.717) is 0 Å². The minimum Gasteiger partial charge on any atom is -0.504 e. The molecule has 9 N–H and O–H groups in total. The molecule has 2 aromatic heterocycles. The van der Waals surface area contributed by atoms with Gasteiger partial charge in [0.05, 0.1) is 17.4 Å². The average molecular weight is 482 g/mol. The molecule has 5 rings (SSSR count). The molecule has 1 aliphatic heterocycles. The zero-order valence-corrected chi connectivity index (χ0v) is 16.8. The van der Waals surface area contributed by atoms with E-state index in [-0.39, 0.29) is 21.5 Å². The van der Waals surface area contributed by atoms with Crippen molar-refractivity contribution >= 4 is 32.7 Å². The number of aliphatic hydroxyl groups excluding tert-OH is 5. The molecule has 0 saturated carbocycles. The number of phenolic OH excluding ortho intramolecular Hbond substituents is 4. The number of aromatic hydroxyl groups is 4. The van der Waals surface area contributed by atoms with Crippen molar-refractivity contribution < 1.29 is 59.5 Å². The standard InChI is InChI=1S/C14H6O8.C6H12O6/c15-5-1-3-7-8-4(14(20)22-11(7)9(5)17)2-6(16)10(18)12(8)21-13(3)19;7-1-2-3(8)4(9)5(10)6(11)12-2/h1-2,15-18H;2-11H,1H2/t;2-,3-,4+,5+,6?/m.1/s1. The van der Waals surface area contributed by atoms with Gasteiger partial charge >= 0.3 is 11.3 Å². The van der Waals surface area contributed by atoms with Crippen LogP contribution in [0.1, 0.15) is 0 Å². The molecule has 0 aliphatic carbocycles. The van der Waals surface area contributed by atoms with Gasteiger partial charge in [-0.3, -0.25) is 0 Å². The second kappa shape index (κ2) is 8.28. The van der Waals surface area contributed by atoms with E-state index in [9.17, 15) is 30.0 Å². The van der Waals surface area contributed by atoms with Crippen molar-refractivity contribution in [3.8, 4) is 23.0 Å². The highest BCUT2D eigenvalue weighted by atomic mass is 16.6. The zero-order chi connectivity index (χ0) is 25.1. The lowest BCUT2D eigenvalue weighted by molar-refractivity contribution is -0.286. The molecular formula is C20H18O14. The van der Waals surface area contributed by atoms with Crippen LogP contribution in [0.2, 0.25) is 0 Å². The van der Waals surface area contributed by atoms with Crippen LogP contribution in [0.4, 0.5) is 0 Å². The molecular weight excluding hydrogens is 464 g/mol. The molecule has 1 aliphatic rings. The average Bonchev–Trinajstić information content (AvgIpc) is 2.80. The molecule has 1 unspecified atom stereocenters. The summed E-state index contributed by atoms with van der Waals surface area (Å²) in [7, 11) is 0. The predicted molar refractivity (Wildman–Crippen MR) is 110 cm³/mol. The fraction of sp³-hybridized carbons (Fsp3) is 0.300. The molecule has 1 saturated heterocycles. The van der Waals surface area contributed by atoms with E-state index in [2.05, 4.69) is 4.74 Å². The number of hydrogen-bond donors (Lipinski definition) is 9. The normalized spacial score (nSPS) is 25.0. The summed E-state index contributed by atoms with van der Waals surface area (Å²) >= 11 is 0. The Hall–Kier alpha value is -3.66. The fourth-order valence-corrected chi connectivity index (χ4v) is 3.66. The van der Waals surface area contributed by atoms with Gasteiger partial charge in [-0.25, -0.2) is 9.59 Å². The van der Waals surface area contributed by atoms with Gasteiger partial charge in [0.2, 0.25) is 11.5 Å². The SMILES string of the molecule is O=c1oc2c(O)c(O)cc3c(=O)oc4c(O)c(O)cc1c4c23.OC[C@H]1OC(O)[C@@H](O)[C@@H](O)[C@@H]1O. The predicted octanol–water partition coefficient (Wildman–Crippen LogP) is -1.91. The van der Waals surface area contributed by atoms with Crippen LogP contribution in [0.15, 0.2) is 30.6 Å². The van der Waals surface area contributed by atoms with E-state index in [1.54, 1.807) is 0 Å². The number of phenols is 4. The van der Waals surface area contributed by atoms with E-state index >= 15 is 0 Å². The molecule has 1 fully saturated rings. The minimum atomic E-state index is -1.57. The van der Waals surface area contributed by atoms with Crippen molar-refractivity contribution in [1.82, 2.24) is 0 Å². The van der Waals surface area contributed by atoms with Gasteiger partial charge in [0.25, 0.3) is 0 Å². The van der Waals surface area contributed by atoms with Crippen LogP contribution in [-0.4, -0.2) is 83.3 Å². The number of benzene rings is 2. The highest BCUT2D eigenvalue weighted by molar-refractivity contribution is 6.22. The summed E-state index contributed by atoms with van der Waals surface area (Å²) in [5.74, 6) is -2.75. The van der Waals surface area contributed by atoms with Gasteiger partial charge in [0.1, 0.15) is 24.4 Å². The molecule has 34 heavy (non-hydrogen) atoms. The van der Waals surface area contributed by atoms with Gasteiger partial charge in [-0.05, 0) is 12.1 Å².